The maximum atomic E-state index is 11.8. The molecule has 0 bridgehead atoms. The van der Waals surface area contributed by atoms with E-state index >= 15 is 0 Å². The van der Waals surface area contributed by atoms with E-state index in [4.69, 9.17) is 5.11 Å². The van der Waals surface area contributed by atoms with Crippen LogP contribution in [0.4, 0.5) is 10.5 Å². The van der Waals surface area contributed by atoms with Gasteiger partial charge in [0.05, 0.1) is 6.42 Å². The quantitative estimate of drug-likeness (QED) is 0.801. The van der Waals surface area contributed by atoms with Crippen molar-refractivity contribution >= 4 is 17.7 Å². The number of carboxylic acids is 1. The molecule has 0 saturated carbocycles. The molecule has 0 spiro atoms. The van der Waals surface area contributed by atoms with Crippen molar-refractivity contribution in [3.05, 3.63) is 30.3 Å². The number of likely N-dealkylation sites (N-methyl/N-ethyl adjacent to an activating group) is 1. The molecule has 1 atom stereocenters. The van der Waals surface area contributed by atoms with Crippen molar-refractivity contribution in [2.45, 2.75) is 19.4 Å². The molecule has 2 N–H and O–H groups in total. The Bertz CT molecular complexity index is 464. The van der Waals surface area contributed by atoms with Gasteiger partial charge < -0.3 is 20.2 Å². The topological polar surface area (TPSA) is 72.9 Å². The monoisotopic (exact) mass is 293 g/mol. The lowest BCUT2D eigenvalue weighted by Gasteiger charge is -2.28. The van der Waals surface area contributed by atoms with Crippen LogP contribution in [0.1, 0.15) is 13.3 Å². The highest BCUT2D eigenvalue weighted by Gasteiger charge is 2.14. The first-order valence-electron chi connectivity index (χ1n) is 6.90. The van der Waals surface area contributed by atoms with E-state index in [-0.39, 0.29) is 25.0 Å². The predicted octanol–water partition coefficient (Wildman–Crippen LogP) is 1.63. The van der Waals surface area contributed by atoms with Gasteiger partial charge in [-0.1, -0.05) is 18.2 Å². The average Bonchev–Trinajstić information content (AvgIpc) is 2.49. The van der Waals surface area contributed by atoms with Crippen LogP contribution in [0.5, 0.6) is 0 Å². The molecule has 0 radical (unpaired) electrons. The Morgan fingerprint density at radius 3 is 2.43 bits per heavy atom. The number of rotatable bonds is 7. The third kappa shape index (κ3) is 5.72. The smallest absolute Gasteiger partial charge is 0.317 e. The molecule has 2 amide bonds. The highest BCUT2D eigenvalue weighted by Crippen LogP contribution is 2.13. The summed E-state index contributed by atoms with van der Waals surface area (Å²) in [6, 6.07) is 9.79. The lowest BCUT2D eigenvalue weighted by Crippen LogP contribution is -2.45. The number of carbonyl (C=O) groups excluding carboxylic acids is 1. The second-order valence-electron chi connectivity index (χ2n) is 5.05. The average molecular weight is 293 g/mol. The first-order valence-corrected chi connectivity index (χ1v) is 6.90. The van der Waals surface area contributed by atoms with E-state index < -0.39 is 5.97 Å². The minimum absolute atomic E-state index is 0.0522. The van der Waals surface area contributed by atoms with Crippen LogP contribution in [-0.4, -0.2) is 55.2 Å². The van der Waals surface area contributed by atoms with Gasteiger partial charge in [0.25, 0.3) is 0 Å². The predicted molar refractivity (Wildman–Crippen MR) is 82.6 cm³/mol. The number of hydrogen-bond acceptors (Lipinski definition) is 3. The standard InChI is InChI=1S/C15H23N3O3/c1-12(18(3)13-7-5-4-6-8-13)11-16-15(21)17(2)10-9-14(19)20/h4-8,12H,9-11H2,1-3H3,(H,16,21)(H,19,20). The second kappa shape index (κ2) is 8.14. The molecule has 0 heterocycles. The number of urea groups is 1. The van der Waals surface area contributed by atoms with Crippen molar-refractivity contribution in [1.29, 1.82) is 0 Å². The molecular formula is C15H23N3O3. The molecule has 21 heavy (non-hydrogen) atoms. The molecule has 0 aliphatic carbocycles. The summed E-state index contributed by atoms with van der Waals surface area (Å²) >= 11 is 0. The van der Waals surface area contributed by atoms with Crippen molar-refractivity contribution in [2.75, 3.05) is 32.1 Å². The third-order valence-electron chi connectivity index (χ3n) is 3.38. The number of anilines is 1. The van der Waals surface area contributed by atoms with Crippen LogP contribution in [-0.2, 0) is 4.79 Å². The maximum Gasteiger partial charge on any atom is 0.317 e. The van der Waals surface area contributed by atoms with E-state index in [1.807, 2.05) is 44.3 Å². The number of para-hydroxylation sites is 1. The number of hydrogen-bond donors (Lipinski definition) is 2. The van der Waals surface area contributed by atoms with Gasteiger partial charge in [0.1, 0.15) is 0 Å². The molecule has 0 aliphatic heterocycles. The van der Waals surface area contributed by atoms with Crippen LogP contribution >= 0.6 is 0 Å². The Morgan fingerprint density at radius 2 is 1.86 bits per heavy atom. The van der Waals surface area contributed by atoms with E-state index in [1.54, 1.807) is 7.05 Å². The Labute approximate surface area is 125 Å². The Kier molecular flexibility index (Phi) is 6.52. The van der Waals surface area contributed by atoms with Gasteiger partial charge in [0, 0.05) is 38.9 Å². The number of amides is 2. The molecule has 1 rings (SSSR count). The first-order chi connectivity index (χ1) is 9.91. The summed E-state index contributed by atoms with van der Waals surface area (Å²) < 4.78 is 0. The number of benzene rings is 1. The van der Waals surface area contributed by atoms with Gasteiger partial charge in [-0.2, -0.15) is 0 Å². The number of carbonyl (C=O) groups is 2. The van der Waals surface area contributed by atoms with E-state index in [0.29, 0.717) is 6.54 Å². The fourth-order valence-electron chi connectivity index (χ4n) is 1.79. The lowest BCUT2D eigenvalue weighted by atomic mass is 10.2. The van der Waals surface area contributed by atoms with Crippen LogP contribution in [0.25, 0.3) is 0 Å². The largest absolute Gasteiger partial charge is 0.481 e. The van der Waals surface area contributed by atoms with Crippen LogP contribution in [0.3, 0.4) is 0 Å². The molecule has 6 heteroatoms. The third-order valence-corrected chi connectivity index (χ3v) is 3.38. The van der Waals surface area contributed by atoms with Crippen molar-refractivity contribution in [3.63, 3.8) is 0 Å². The minimum atomic E-state index is -0.910. The zero-order valence-electron chi connectivity index (χ0n) is 12.7. The number of carboxylic acid groups (broad SMARTS) is 1. The van der Waals surface area contributed by atoms with Crippen molar-refractivity contribution < 1.29 is 14.7 Å². The molecular weight excluding hydrogens is 270 g/mol. The zero-order chi connectivity index (χ0) is 15.8. The van der Waals surface area contributed by atoms with Gasteiger partial charge in [-0.3, -0.25) is 4.79 Å². The van der Waals surface area contributed by atoms with E-state index in [1.165, 1.54) is 4.90 Å². The molecule has 0 saturated heterocycles. The van der Waals surface area contributed by atoms with Gasteiger partial charge in [-0.05, 0) is 19.1 Å². The Balaban J connectivity index is 2.40. The highest BCUT2D eigenvalue weighted by molar-refractivity contribution is 5.75. The fraction of sp³-hybridized carbons (Fsp3) is 0.467. The number of aliphatic carboxylic acids is 1. The Morgan fingerprint density at radius 1 is 1.24 bits per heavy atom. The van der Waals surface area contributed by atoms with Crippen molar-refractivity contribution in [2.24, 2.45) is 0 Å². The van der Waals surface area contributed by atoms with Crippen LogP contribution < -0.4 is 10.2 Å². The molecule has 0 fully saturated rings. The fourth-order valence-corrected chi connectivity index (χ4v) is 1.79. The summed E-state index contributed by atoms with van der Waals surface area (Å²) in [4.78, 5) is 25.8. The first kappa shape index (κ1) is 16.8. The van der Waals surface area contributed by atoms with E-state index in [2.05, 4.69) is 10.2 Å². The molecule has 116 valence electrons. The summed E-state index contributed by atoms with van der Waals surface area (Å²) in [5, 5.41) is 11.4. The van der Waals surface area contributed by atoms with Gasteiger partial charge >= 0.3 is 12.0 Å². The number of nitrogens with zero attached hydrogens (tertiary/aromatic N) is 2. The second-order valence-corrected chi connectivity index (χ2v) is 5.05. The van der Waals surface area contributed by atoms with Gasteiger partial charge in [0.15, 0.2) is 0 Å². The zero-order valence-corrected chi connectivity index (χ0v) is 12.7. The van der Waals surface area contributed by atoms with Crippen LogP contribution in [0, 0.1) is 0 Å². The van der Waals surface area contributed by atoms with Crippen LogP contribution in [0.2, 0.25) is 0 Å². The lowest BCUT2D eigenvalue weighted by molar-refractivity contribution is -0.137. The normalized spacial score (nSPS) is 11.6. The van der Waals surface area contributed by atoms with Crippen molar-refractivity contribution in [1.82, 2.24) is 10.2 Å². The summed E-state index contributed by atoms with van der Waals surface area (Å²) in [6.45, 7) is 2.70. The van der Waals surface area contributed by atoms with Gasteiger partial charge in [0.2, 0.25) is 0 Å². The van der Waals surface area contributed by atoms with Gasteiger partial charge in [-0.25, -0.2) is 4.79 Å². The molecule has 0 aromatic heterocycles. The Hall–Kier alpha value is -2.24. The summed E-state index contributed by atoms with van der Waals surface area (Å²) in [5.41, 5.74) is 1.08. The summed E-state index contributed by atoms with van der Waals surface area (Å²) in [7, 11) is 3.56. The van der Waals surface area contributed by atoms with E-state index in [0.717, 1.165) is 5.69 Å². The minimum Gasteiger partial charge on any atom is -0.481 e. The summed E-state index contributed by atoms with van der Waals surface area (Å²) in [5.74, 6) is -0.910. The SMILES string of the molecule is CC(CNC(=O)N(C)CCC(=O)O)N(C)c1ccccc1. The maximum absolute atomic E-state index is 11.8. The molecule has 1 aromatic carbocycles. The van der Waals surface area contributed by atoms with E-state index in [9.17, 15) is 9.59 Å². The van der Waals surface area contributed by atoms with Crippen LogP contribution in [0.15, 0.2) is 30.3 Å². The highest BCUT2D eigenvalue weighted by atomic mass is 16.4. The van der Waals surface area contributed by atoms with Crippen molar-refractivity contribution in [3.8, 4) is 0 Å². The molecule has 1 unspecified atom stereocenters. The number of nitrogens with one attached hydrogen (secondary N) is 1. The molecule has 0 aliphatic rings. The molecule has 1 aromatic rings. The molecule has 6 nitrogen and oxygen atoms in total. The van der Waals surface area contributed by atoms with Gasteiger partial charge in [-0.15, -0.1) is 0 Å². The summed E-state index contributed by atoms with van der Waals surface area (Å²) in [6.07, 6.45) is -0.0522.